The predicted octanol–water partition coefficient (Wildman–Crippen LogP) is 15.2. The van der Waals surface area contributed by atoms with Crippen LogP contribution < -0.4 is 4.90 Å². The van der Waals surface area contributed by atoms with E-state index < -0.39 is 0 Å². The number of fused-ring (bicyclic) bond motifs is 9. The molecule has 4 bridgehead atoms. The van der Waals surface area contributed by atoms with Gasteiger partial charge in [-0.1, -0.05) is 143 Å². The molecule has 1 nitrogen and oxygen atoms in total. The summed E-state index contributed by atoms with van der Waals surface area (Å²) in [5, 5.41) is 0. The van der Waals surface area contributed by atoms with Crippen LogP contribution in [-0.2, 0) is 16.2 Å². The molecule has 59 heavy (non-hydrogen) atoms. The number of rotatable bonds is 4. The van der Waals surface area contributed by atoms with E-state index in [2.05, 4.69) is 184 Å². The lowest BCUT2D eigenvalue weighted by molar-refractivity contribution is -0.0399. The number of anilines is 3. The van der Waals surface area contributed by atoms with Gasteiger partial charge in [0, 0.05) is 33.2 Å². The topological polar surface area (TPSA) is 3.24 Å². The monoisotopic (exact) mass is 761 g/mol. The minimum Gasteiger partial charge on any atom is -0.310 e. The second kappa shape index (κ2) is 11.8. The van der Waals surface area contributed by atoms with E-state index in [-0.39, 0.29) is 16.2 Å². The van der Waals surface area contributed by atoms with Gasteiger partial charge in [-0.3, -0.25) is 0 Å². The van der Waals surface area contributed by atoms with E-state index in [1.807, 2.05) is 0 Å². The summed E-state index contributed by atoms with van der Waals surface area (Å²) in [6, 6.07) is 59.0. The average molecular weight is 762 g/mol. The van der Waals surface area contributed by atoms with E-state index in [1.54, 1.807) is 11.1 Å². The molecule has 7 aromatic rings. The molecule has 0 radical (unpaired) electrons. The second-order valence-corrected chi connectivity index (χ2v) is 20.1. The van der Waals surface area contributed by atoms with Crippen molar-refractivity contribution in [2.24, 2.45) is 23.7 Å². The minimum absolute atomic E-state index is 0.0676. The molecule has 7 aromatic carbocycles. The van der Waals surface area contributed by atoms with Gasteiger partial charge in [0.1, 0.15) is 0 Å². The second-order valence-electron chi connectivity index (χ2n) is 20.1. The third-order valence-corrected chi connectivity index (χ3v) is 16.6. The first kappa shape index (κ1) is 34.2. The Bertz CT molecular complexity index is 2770. The summed E-state index contributed by atoms with van der Waals surface area (Å²) in [7, 11) is 0. The molecule has 0 aromatic heterocycles. The number of hydrogen-bond acceptors (Lipinski definition) is 1. The van der Waals surface area contributed by atoms with Crippen LogP contribution in [0.15, 0.2) is 152 Å². The van der Waals surface area contributed by atoms with Crippen molar-refractivity contribution >= 4 is 17.1 Å². The van der Waals surface area contributed by atoms with Crippen molar-refractivity contribution in [3.8, 4) is 44.5 Å². The van der Waals surface area contributed by atoms with Gasteiger partial charge in [-0.15, -0.1) is 0 Å². The quantitative estimate of drug-likeness (QED) is 0.173. The molecule has 0 N–H and O–H groups in total. The zero-order valence-corrected chi connectivity index (χ0v) is 34.7. The van der Waals surface area contributed by atoms with Crippen molar-refractivity contribution in [1.82, 2.24) is 0 Å². The molecular formula is C58H51N. The molecule has 14 rings (SSSR count). The molecule has 7 aliphatic rings. The lowest BCUT2D eigenvalue weighted by Crippen LogP contribution is -2.55. The van der Waals surface area contributed by atoms with Crippen molar-refractivity contribution in [2.75, 3.05) is 4.90 Å². The fraction of sp³-hybridized carbons (Fsp3) is 0.276. The van der Waals surface area contributed by atoms with E-state index in [4.69, 9.17) is 0 Å². The van der Waals surface area contributed by atoms with Crippen molar-refractivity contribution in [3.05, 3.63) is 185 Å². The predicted molar refractivity (Wildman–Crippen MR) is 245 cm³/mol. The van der Waals surface area contributed by atoms with Crippen molar-refractivity contribution in [2.45, 2.75) is 76.0 Å². The molecule has 0 atom stereocenters. The Morgan fingerprint density at radius 2 is 0.915 bits per heavy atom. The Morgan fingerprint density at radius 3 is 1.51 bits per heavy atom. The lowest BCUT2D eigenvalue weighted by atomic mass is 9.43. The summed E-state index contributed by atoms with van der Waals surface area (Å²) in [5.41, 5.74) is 23.5. The van der Waals surface area contributed by atoms with E-state index in [0.717, 1.165) is 11.8 Å². The van der Waals surface area contributed by atoms with Crippen LogP contribution in [0.5, 0.6) is 0 Å². The van der Waals surface area contributed by atoms with E-state index in [0.29, 0.717) is 11.8 Å². The van der Waals surface area contributed by atoms with Gasteiger partial charge < -0.3 is 4.90 Å². The first-order valence-corrected chi connectivity index (χ1v) is 22.4. The normalized spacial score (nSPS) is 24.9. The molecule has 4 saturated carbocycles. The molecule has 4 fully saturated rings. The van der Waals surface area contributed by atoms with Crippen LogP contribution in [0.2, 0.25) is 0 Å². The maximum atomic E-state index is 2.66. The Morgan fingerprint density at radius 1 is 0.390 bits per heavy atom. The molecule has 1 heteroatoms. The first-order chi connectivity index (χ1) is 28.7. The van der Waals surface area contributed by atoms with Gasteiger partial charge in [-0.25, -0.2) is 0 Å². The lowest BCUT2D eigenvalue weighted by Gasteiger charge is -2.61. The maximum Gasteiger partial charge on any atom is 0.0543 e. The zero-order chi connectivity index (χ0) is 39.4. The summed E-state index contributed by atoms with van der Waals surface area (Å²) in [4.78, 5) is 2.66. The zero-order valence-electron chi connectivity index (χ0n) is 34.7. The summed E-state index contributed by atoms with van der Waals surface area (Å²) in [6.45, 7) is 9.66. The van der Waals surface area contributed by atoms with Crippen molar-refractivity contribution in [1.29, 1.82) is 0 Å². The standard InChI is InChI=1S/C58H51N/c1-56(2)48-17-10-8-15-43(48)45-24-22-41(33-52(45)56)59(42-23-25-46-44-16-9-11-18-49(44)57(3,4)53(46)34-42)54-20-12-19-51-55(54)47-32-38(37-13-6-5-7-14-37)21-26-50(47)58(51)39-28-35-27-36(30-39)31-40(58)29-35/h5-26,32-36,39-40H,27-31H2,1-4H3. The first-order valence-electron chi connectivity index (χ1n) is 22.4. The number of nitrogens with zero attached hydrogens (tertiary/aromatic N) is 1. The Hall–Kier alpha value is -5.66. The number of hydrogen-bond donors (Lipinski definition) is 0. The number of benzene rings is 7. The molecule has 1 spiro atoms. The highest BCUT2D eigenvalue weighted by Gasteiger charge is 2.62. The van der Waals surface area contributed by atoms with Gasteiger partial charge in [0.15, 0.2) is 0 Å². The van der Waals surface area contributed by atoms with E-state index in [1.165, 1.54) is 116 Å². The van der Waals surface area contributed by atoms with Gasteiger partial charge in [-0.05, 0) is 164 Å². The van der Waals surface area contributed by atoms with E-state index in [9.17, 15) is 0 Å². The maximum absolute atomic E-state index is 2.66. The Balaban J connectivity index is 1.08. The summed E-state index contributed by atoms with van der Waals surface area (Å²) in [5.74, 6) is 3.20. The van der Waals surface area contributed by atoms with Crippen LogP contribution in [-0.4, -0.2) is 0 Å². The van der Waals surface area contributed by atoms with Gasteiger partial charge in [0.25, 0.3) is 0 Å². The summed E-state index contributed by atoms with van der Waals surface area (Å²) >= 11 is 0. The Kier molecular flexibility index (Phi) is 6.82. The van der Waals surface area contributed by atoms with Crippen LogP contribution in [0.25, 0.3) is 44.5 Å². The molecule has 0 heterocycles. The highest BCUT2D eigenvalue weighted by Crippen LogP contribution is 2.71. The van der Waals surface area contributed by atoms with Gasteiger partial charge in [0.05, 0.1) is 5.69 Å². The fourth-order valence-electron chi connectivity index (χ4n) is 14.3. The third-order valence-electron chi connectivity index (χ3n) is 16.6. The molecule has 288 valence electrons. The van der Waals surface area contributed by atoms with E-state index >= 15 is 0 Å². The van der Waals surface area contributed by atoms with Crippen LogP contribution in [0.3, 0.4) is 0 Å². The largest absolute Gasteiger partial charge is 0.310 e. The molecule has 0 aliphatic heterocycles. The highest BCUT2D eigenvalue weighted by atomic mass is 15.1. The Labute approximate surface area is 349 Å². The molecule has 0 amide bonds. The third kappa shape index (κ3) is 4.41. The van der Waals surface area contributed by atoms with Crippen LogP contribution in [0.4, 0.5) is 17.1 Å². The minimum atomic E-state index is -0.102. The van der Waals surface area contributed by atoms with Gasteiger partial charge in [-0.2, -0.15) is 0 Å². The fourth-order valence-corrected chi connectivity index (χ4v) is 14.3. The smallest absolute Gasteiger partial charge is 0.0543 e. The molecule has 0 saturated heterocycles. The summed E-state index contributed by atoms with van der Waals surface area (Å²) in [6.07, 6.45) is 6.96. The van der Waals surface area contributed by atoms with Crippen molar-refractivity contribution in [3.63, 3.8) is 0 Å². The molecule has 7 aliphatic carbocycles. The highest BCUT2D eigenvalue weighted by molar-refractivity contribution is 5.98. The van der Waals surface area contributed by atoms with Crippen LogP contribution in [0, 0.1) is 23.7 Å². The summed E-state index contributed by atoms with van der Waals surface area (Å²) < 4.78 is 0. The van der Waals surface area contributed by atoms with Crippen molar-refractivity contribution < 1.29 is 0 Å². The van der Waals surface area contributed by atoms with Crippen LogP contribution >= 0.6 is 0 Å². The van der Waals surface area contributed by atoms with Gasteiger partial charge >= 0.3 is 0 Å². The molecular weight excluding hydrogens is 711 g/mol. The SMILES string of the molecule is CC1(C)c2ccccc2-c2ccc(N(c3ccc4c(c3)C(C)(C)c3ccccc3-4)c3cccc4c3-c3cc(-c5ccccc5)ccc3C43C4CC5CC(C4)CC3C5)cc21. The molecule has 0 unspecified atom stereocenters. The average Bonchev–Trinajstić information content (AvgIpc) is 3.78. The van der Waals surface area contributed by atoms with Gasteiger partial charge in [0.2, 0.25) is 0 Å². The van der Waals surface area contributed by atoms with Crippen LogP contribution in [0.1, 0.15) is 93.2 Å².